The Labute approximate surface area is 63.2 Å². The van der Waals surface area contributed by atoms with Crippen LogP contribution >= 0.6 is 0 Å². The summed E-state index contributed by atoms with van der Waals surface area (Å²) in [6, 6.07) is 0.516. The van der Waals surface area contributed by atoms with Crippen LogP contribution in [0.1, 0.15) is 6.92 Å². The van der Waals surface area contributed by atoms with E-state index in [1.54, 1.807) is 6.92 Å². The highest BCUT2D eigenvalue weighted by molar-refractivity contribution is 6.77. The van der Waals surface area contributed by atoms with Gasteiger partial charge >= 0.3 is 0 Å². The molecule has 0 rings (SSSR count). The fraction of sp³-hybridized carbons (Fsp3) is 0.571. The van der Waals surface area contributed by atoms with E-state index in [1.165, 1.54) is 0 Å². The van der Waals surface area contributed by atoms with E-state index in [0.717, 1.165) is 0 Å². The number of carbonyl (C=O) groups excluding carboxylic acids is 1. The summed E-state index contributed by atoms with van der Waals surface area (Å²) in [4.78, 5) is 11.0. The van der Waals surface area contributed by atoms with Gasteiger partial charge in [-0.05, 0) is 12.5 Å². The van der Waals surface area contributed by atoms with Crippen LogP contribution in [0.5, 0.6) is 0 Å². The maximum absolute atomic E-state index is 11.0. The molecule has 0 fully saturated rings. The van der Waals surface area contributed by atoms with Crippen LogP contribution in [0.15, 0.2) is 12.2 Å². The minimum Gasteiger partial charge on any atom is -0.351 e. The lowest BCUT2D eigenvalue weighted by Gasteiger charge is -2.13. The molecule has 0 amide bonds. The summed E-state index contributed by atoms with van der Waals surface area (Å²) in [5.74, 6) is 0.110. The monoisotopic (exact) mass is 157 g/mol. The van der Waals surface area contributed by atoms with Crippen molar-refractivity contribution in [1.82, 2.24) is 0 Å². The molecule has 0 bridgehead atoms. The molecule has 0 atom stereocenters. The topological polar surface area (TPSA) is 43.1 Å². The number of Topliss-reactive ketones (excluding diaryl/α,β-unsaturated/α-hetero) is 1. The Morgan fingerprint density at radius 3 is 2.10 bits per heavy atom. The standard InChI is InChI=1S/C7H15NOSi/c1-6(2)7(9)5-10(3,4)8/h1,5,8H2,2-4H3. The van der Waals surface area contributed by atoms with Gasteiger partial charge < -0.3 is 5.40 Å². The summed E-state index contributed by atoms with van der Waals surface area (Å²) in [6.07, 6.45) is 0. The Morgan fingerprint density at radius 2 is 2.00 bits per heavy atom. The van der Waals surface area contributed by atoms with E-state index in [9.17, 15) is 4.79 Å². The molecule has 0 aliphatic heterocycles. The molecule has 0 aliphatic carbocycles. The van der Waals surface area contributed by atoms with Crippen molar-refractivity contribution in [3.63, 3.8) is 0 Å². The van der Waals surface area contributed by atoms with E-state index in [2.05, 4.69) is 6.58 Å². The molecule has 2 nitrogen and oxygen atoms in total. The summed E-state index contributed by atoms with van der Waals surface area (Å²) >= 11 is 0. The third-order valence-electron chi connectivity index (χ3n) is 1.09. The molecule has 0 radical (unpaired) electrons. The number of allylic oxidation sites excluding steroid dienone is 1. The van der Waals surface area contributed by atoms with Crippen LogP contribution in [0.3, 0.4) is 0 Å². The van der Waals surface area contributed by atoms with Gasteiger partial charge in [-0.15, -0.1) is 0 Å². The molecular formula is C7H15NOSi. The summed E-state index contributed by atoms with van der Waals surface area (Å²) < 4.78 is 0. The predicted octanol–water partition coefficient (Wildman–Crippen LogP) is 1.30. The molecule has 0 unspecified atom stereocenters. The smallest absolute Gasteiger partial charge is 0.156 e. The zero-order valence-electron chi connectivity index (χ0n) is 6.90. The molecule has 0 aromatic rings. The normalized spacial score (nSPS) is 11.2. The van der Waals surface area contributed by atoms with Crippen LogP contribution in [0.2, 0.25) is 19.1 Å². The molecule has 0 aliphatic rings. The Hall–Kier alpha value is -0.413. The van der Waals surface area contributed by atoms with Gasteiger partial charge in [0.25, 0.3) is 0 Å². The maximum Gasteiger partial charge on any atom is 0.156 e. The number of hydrogen-bond acceptors (Lipinski definition) is 2. The van der Waals surface area contributed by atoms with Crippen LogP contribution in [-0.4, -0.2) is 14.0 Å². The van der Waals surface area contributed by atoms with Gasteiger partial charge in [0.2, 0.25) is 0 Å². The lowest BCUT2D eigenvalue weighted by molar-refractivity contribution is -0.113. The molecule has 10 heavy (non-hydrogen) atoms. The number of carbonyl (C=O) groups is 1. The van der Waals surface area contributed by atoms with Crippen molar-refractivity contribution in [2.45, 2.75) is 26.1 Å². The lowest BCUT2D eigenvalue weighted by atomic mass is 10.2. The lowest BCUT2D eigenvalue weighted by Crippen LogP contribution is -2.40. The highest BCUT2D eigenvalue weighted by Crippen LogP contribution is 2.05. The van der Waals surface area contributed by atoms with E-state index < -0.39 is 8.24 Å². The Balaban J connectivity index is 3.93. The van der Waals surface area contributed by atoms with Gasteiger partial charge in [0, 0.05) is 6.04 Å². The third kappa shape index (κ3) is 4.46. The quantitative estimate of drug-likeness (QED) is 0.495. The summed E-state index contributed by atoms with van der Waals surface area (Å²) in [5, 5.41) is 5.75. The summed E-state index contributed by atoms with van der Waals surface area (Å²) in [6.45, 7) is 9.21. The van der Waals surface area contributed by atoms with Gasteiger partial charge in [-0.2, -0.15) is 0 Å². The molecule has 0 spiro atoms. The first-order chi connectivity index (χ1) is 4.33. The van der Waals surface area contributed by atoms with Crippen molar-refractivity contribution in [1.29, 1.82) is 0 Å². The van der Waals surface area contributed by atoms with Crippen LogP contribution in [-0.2, 0) is 4.79 Å². The molecular weight excluding hydrogens is 142 g/mol. The van der Waals surface area contributed by atoms with Crippen LogP contribution in [0.4, 0.5) is 0 Å². The average molecular weight is 157 g/mol. The van der Waals surface area contributed by atoms with Gasteiger partial charge in [-0.25, -0.2) is 0 Å². The minimum atomic E-state index is -1.69. The molecule has 0 aromatic carbocycles. The van der Waals surface area contributed by atoms with Crippen molar-refractivity contribution >= 4 is 14.0 Å². The largest absolute Gasteiger partial charge is 0.351 e. The number of hydrogen-bond donors (Lipinski definition) is 1. The van der Waals surface area contributed by atoms with Crippen LogP contribution in [0, 0.1) is 0 Å². The molecule has 0 saturated carbocycles. The zero-order valence-corrected chi connectivity index (χ0v) is 7.90. The molecule has 3 heteroatoms. The highest BCUT2D eigenvalue weighted by Gasteiger charge is 2.18. The average Bonchev–Trinajstić information content (AvgIpc) is 1.60. The van der Waals surface area contributed by atoms with E-state index in [1.807, 2.05) is 13.1 Å². The second kappa shape index (κ2) is 3.12. The van der Waals surface area contributed by atoms with Crippen LogP contribution in [0.25, 0.3) is 0 Å². The first-order valence-electron chi connectivity index (χ1n) is 3.30. The first-order valence-corrected chi connectivity index (χ1v) is 6.59. The van der Waals surface area contributed by atoms with Gasteiger partial charge in [0.1, 0.15) is 8.24 Å². The van der Waals surface area contributed by atoms with Crippen molar-refractivity contribution in [2.75, 3.05) is 0 Å². The van der Waals surface area contributed by atoms with Gasteiger partial charge in [-0.1, -0.05) is 19.7 Å². The number of nitrogens with two attached hydrogens (primary N) is 1. The molecule has 0 heterocycles. The third-order valence-corrected chi connectivity index (χ3v) is 2.32. The van der Waals surface area contributed by atoms with E-state index >= 15 is 0 Å². The van der Waals surface area contributed by atoms with Crippen molar-refractivity contribution in [2.24, 2.45) is 5.40 Å². The Kier molecular flexibility index (Phi) is 2.99. The summed E-state index contributed by atoms with van der Waals surface area (Å²) in [5.41, 5.74) is 0.617. The van der Waals surface area contributed by atoms with E-state index in [4.69, 9.17) is 5.40 Å². The minimum absolute atomic E-state index is 0.110. The van der Waals surface area contributed by atoms with Gasteiger partial charge in [0.15, 0.2) is 5.78 Å². The molecule has 58 valence electrons. The highest BCUT2D eigenvalue weighted by atomic mass is 28.3. The summed E-state index contributed by atoms with van der Waals surface area (Å²) in [7, 11) is -1.69. The SMILES string of the molecule is C=C(C)C(=O)C[Si](C)(C)N. The number of ketones is 1. The van der Waals surface area contributed by atoms with Gasteiger partial charge in [0.05, 0.1) is 0 Å². The Bertz CT molecular complexity index is 157. The predicted molar refractivity (Wildman–Crippen MR) is 46.3 cm³/mol. The molecule has 0 saturated heterocycles. The van der Waals surface area contributed by atoms with Crippen molar-refractivity contribution < 1.29 is 4.79 Å². The fourth-order valence-electron chi connectivity index (χ4n) is 0.565. The number of rotatable bonds is 3. The van der Waals surface area contributed by atoms with Crippen molar-refractivity contribution in [3.05, 3.63) is 12.2 Å². The van der Waals surface area contributed by atoms with Crippen molar-refractivity contribution in [3.8, 4) is 0 Å². The van der Waals surface area contributed by atoms with E-state index in [0.29, 0.717) is 11.6 Å². The van der Waals surface area contributed by atoms with E-state index in [-0.39, 0.29) is 5.78 Å². The van der Waals surface area contributed by atoms with Crippen LogP contribution < -0.4 is 5.40 Å². The first kappa shape index (κ1) is 9.59. The zero-order chi connectivity index (χ0) is 8.36. The molecule has 2 N–H and O–H groups in total. The molecule has 0 aromatic heterocycles. The fourth-order valence-corrected chi connectivity index (χ4v) is 1.69. The van der Waals surface area contributed by atoms with Gasteiger partial charge in [-0.3, -0.25) is 4.79 Å². The second-order valence-corrected chi connectivity index (χ2v) is 7.70. The maximum atomic E-state index is 11.0. The Morgan fingerprint density at radius 1 is 1.60 bits per heavy atom. The second-order valence-electron chi connectivity index (χ2n) is 3.37.